The molecule has 0 radical (unpaired) electrons. The van der Waals surface area contributed by atoms with Crippen molar-refractivity contribution in [2.45, 2.75) is 64.4 Å². The van der Waals surface area contributed by atoms with E-state index in [0.717, 1.165) is 31.5 Å². The quantitative estimate of drug-likeness (QED) is 0.813. The third-order valence-electron chi connectivity index (χ3n) is 4.91. The first-order valence-corrected chi connectivity index (χ1v) is 9.50. The van der Waals surface area contributed by atoms with E-state index in [-0.39, 0.29) is 18.3 Å². The zero-order chi connectivity index (χ0) is 17.9. The maximum Gasteiger partial charge on any atom is 0.241 e. The number of nitrogens with zero attached hydrogens (tertiary/aromatic N) is 4. The molecule has 26 heavy (non-hydrogen) atoms. The lowest BCUT2D eigenvalue weighted by Gasteiger charge is -2.34. The van der Waals surface area contributed by atoms with Crippen LogP contribution in [0.4, 0.5) is 0 Å². The molecule has 0 amide bonds. The molecule has 1 saturated carbocycles. The van der Waals surface area contributed by atoms with Crippen LogP contribution in [0.15, 0.2) is 22.9 Å². The van der Waals surface area contributed by atoms with Crippen LogP contribution in [0, 0.1) is 0 Å². The lowest BCUT2D eigenvalue weighted by molar-refractivity contribution is -0.0725. The Morgan fingerprint density at radius 2 is 1.96 bits per heavy atom. The van der Waals surface area contributed by atoms with Gasteiger partial charge in [-0.2, -0.15) is 4.98 Å². The molecule has 2 atom stereocenters. The van der Waals surface area contributed by atoms with Crippen LogP contribution >= 0.6 is 0 Å². The number of aromatic nitrogens is 3. The Morgan fingerprint density at radius 1 is 1.19 bits per heavy atom. The van der Waals surface area contributed by atoms with Crippen LogP contribution < -0.4 is 4.74 Å². The van der Waals surface area contributed by atoms with Gasteiger partial charge in [-0.3, -0.25) is 4.90 Å². The number of hydrogen-bond acceptors (Lipinski definition) is 7. The monoisotopic (exact) mass is 358 g/mol. The predicted molar refractivity (Wildman–Crippen MR) is 95.7 cm³/mol. The molecule has 7 heteroatoms. The highest BCUT2D eigenvalue weighted by Gasteiger charge is 2.25. The molecule has 0 unspecified atom stereocenters. The first-order valence-electron chi connectivity index (χ1n) is 9.50. The summed E-state index contributed by atoms with van der Waals surface area (Å²) >= 11 is 0. The van der Waals surface area contributed by atoms with E-state index >= 15 is 0 Å². The lowest BCUT2D eigenvalue weighted by atomic mass is 10.2. The van der Waals surface area contributed by atoms with Gasteiger partial charge in [-0.25, -0.2) is 4.98 Å². The molecule has 0 bridgehead atoms. The smallest absolute Gasteiger partial charge is 0.241 e. The van der Waals surface area contributed by atoms with E-state index in [9.17, 15) is 0 Å². The van der Waals surface area contributed by atoms with E-state index in [2.05, 4.69) is 33.9 Å². The fourth-order valence-electron chi connectivity index (χ4n) is 3.85. The molecule has 0 aromatic carbocycles. The predicted octanol–water partition coefficient (Wildman–Crippen LogP) is 3.06. The second-order valence-corrected chi connectivity index (χ2v) is 7.34. The largest absolute Gasteiger partial charge is 0.474 e. The summed E-state index contributed by atoms with van der Waals surface area (Å²) in [6, 6.07) is 3.81. The molecule has 0 spiro atoms. The Bertz CT molecular complexity index is 719. The Labute approximate surface area is 153 Å². The normalized spacial score (nSPS) is 24.8. The minimum Gasteiger partial charge on any atom is -0.474 e. The van der Waals surface area contributed by atoms with Crippen molar-refractivity contribution in [1.82, 2.24) is 20.0 Å². The van der Waals surface area contributed by atoms with Crippen molar-refractivity contribution in [2.75, 3.05) is 13.1 Å². The minimum atomic E-state index is 0.214. The van der Waals surface area contributed by atoms with E-state index in [1.807, 2.05) is 12.1 Å². The van der Waals surface area contributed by atoms with Crippen LogP contribution in [-0.4, -0.2) is 51.4 Å². The Morgan fingerprint density at radius 3 is 2.73 bits per heavy atom. The van der Waals surface area contributed by atoms with Gasteiger partial charge in [0, 0.05) is 19.3 Å². The summed E-state index contributed by atoms with van der Waals surface area (Å²) in [7, 11) is 0. The summed E-state index contributed by atoms with van der Waals surface area (Å²) in [5.74, 6) is 1.74. The fourth-order valence-corrected chi connectivity index (χ4v) is 3.85. The lowest BCUT2D eigenvalue weighted by Crippen LogP contribution is -2.44. The van der Waals surface area contributed by atoms with Crippen LogP contribution in [0.3, 0.4) is 0 Å². The van der Waals surface area contributed by atoms with Gasteiger partial charge in [-0.05, 0) is 51.7 Å². The fraction of sp³-hybridized carbons (Fsp3) is 0.632. The van der Waals surface area contributed by atoms with Gasteiger partial charge in [0.2, 0.25) is 17.6 Å². The molecule has 2 fully saturated rings. The second-order valence-electron chi connectivity index (χ2n) is 7.34. The Kier molecular flexibility index (Phi) is 5.17. The summed E-state index contributed by atoms with van der Waals surface area (Å²) in [5.41, 5.74) is 0.790. The second kappa shape index (κ2) is 7.72. The topological polar surface area (TPSA) is 73.5 Å². The van der Waals surface area contributed by atoms with Crippen LogP contribution in [0.1, 0.15) is 45.4 Å². The van der Waals surface area contributed by atoms with Gasteiger partial charge in [-0.1, -0.05) is 5.16 Å². The zero-order valence-electron chi connectivity index (χ0n) is 15.4. The summed E-state index contributed by atoms with van der Waals surface area (Å²) in [6.45, 7) is 6.54. The third-order valence-corrected chi connectivity index (χ3v) is 4.91. The number of hydrogen-bond donors (Lipinski definition) is 0. The van der Waals surface area contributed by atoms with Gasteiger partial charge in [0.15, 0.2) is 0 Å². The first-order chi connectivity index (χ1) is 12.7. The molecule has 7 nitrogen and oxygen atoms in total. The van der Waals surface area contributed by atoms with Crippen LogP contribution in [0.5, 0.6) is 5.88 Å². The van der Waals surface area contributed by atoms with Crippen molar-refractivity contribution in [3.63, 3.8) is 0 Å². The highest BCUT2D eigenvalue weighted by atomic mass is 16.5. The maximum absolute atomic E-state index is 6.09. The number of pyridine rings is 1. The van der Waals surface area contributed by atoms with Gasteiger partial charge in [0.1, 0.15) is 6.10 Å². The number of morpholine rings is 1. The van der Waals surface area contributed by atoms with Gasteiger partial charge in [0.25, 0.3) is 0 Å². The minimum absolute atomic E-state index is 0.214. The summed E-state index contributed by atoms with van der Waals surface area (Å²) in [5, 5.41) is 4.16. The molecular formula is C19H26N4O3. The first kappa shape index (κ1) is 17.4. The van der Waals surface area contributed by atoms with Crippen LogP contribution in [0.2, 0.25) is 0 Å². The molecular weight excluding hydrogens is 332 g/mol. The number of ether oxygens (including phenoxy) is 2. The SMILES string of the molecule is C[C@@H]1CN(Cc2nc(-c3cccnc3OC3CCCC3)no2)C[C@@H](C)O1. The molecule has 140 valence electrons. The van der Waals surface area contributed by atoms with Crippen molar-refractivity contribution in [1.29, 1.82) is 0 Å². The van der Waals surface area contributed by atoms with Crippen LogP contribution in [0.25, 0.3) is 11.4 Å². The summed E-state index contributed by atoms with van der Waals surface area (Å²) in [6.07, 6.45) is 7.02. The van der Waals surface area contributed by atoms with Crippen molar-refractivity contribution < 1.29 is 14.0 Å². The summed E-state index contributed by atoms with van der Waals surface area (Å²) in [4.78, 5) is 11.3. The van der Waals surface area contributed by atoms with E-state index in [0.29, 0.717) is 24.1 Å². The van der Waals surface area contributed by atoms with Crippen molar-refractivity contribution >= 4 is 0 Å². The van der Waals surface area contributed by atoms with Crippen molar-refractivity contribution in [3.05, 3.63) is 24.2 Å². The van der Waals surface area contributed by atoms with E-state index in [1.165, 1.54) is 12.8 Å². The van der Waals surface area contributed by atoms with Gasteiger partial charge < -0.3 is 14.0 Å². The molecule has 2 aromatic rings. The van der Waals surface area contributed by atoms with Gasteiger partial charge in [-0.15, -0.1) is 0 Å². The third kappa shape index (κ3) is 4.04. The van der Waals surface area contributed by atoms with Crippen LogP contribution in [-0.2, 0) is 11.3 Å². The Hall–Kier alpha value is -1.99. The maximum atomic E-state index is 6.09. The molecule has 2 aliphatic rings. The highest BCUT2D eigenvalue weighted by Crippen LogP contribution is 2.30. The Balaban J connectivity index is 1.47. The molecule has 4 rings (SSSR count). The summed E-state index contributed by atoms with van der Waals surface area (Å²) < 4.78 is 17.4. The molecule has 1 aliphatic heterocycles. The zero-order valence-corrected chi connectivity index (χ0v) is 15.4. The van der Waals surface area contributed by atoms with Crippen molar-refractivity contribution in [3.8, 4) is 17.3 Å². The standard InChI is InChI=1S/C19H26N4O3/c1-13-10-23(11-14(2)24-13)12-17-21-18(22-26-17)16-8-5-9-20-19(16)25-15-6-3-4-7-15/h5,8-9,13-15H,3-4,6-7,10-12H2,1-2H3/t13-,14-/m1/s1. The van der Waals surface area contributed by atoms with Crippen molar-refractivity contribution in [2.24, 2.45) is 0 Å². The van der Waals surface area contributed by atoms with Gasteiger partial charge >= 0.3 is 0 Å². The highest BCUT2D eigenvalue weighted by molar-refractivity contribution is 5.60. The molecule has 1 saturated heterocycles. The van der Waals surface area contributed by atoms with E-state index in [1.54, 1.807) is 6.20 Å². The van der Waals surface area contributed by atoms with E-state index in [4.69, 9.17) is 14.0 Å². The molecule has 0 N–H and O–H groups in total. The molecule has 3 heterocycles. The molecule has 1 aliphatic carbocycles. The van der Waals surface area contributed by atoms with E-state index < -0.39 is 0 Å². The van der Waals surface area contributed by atoms with Gasteiger partial charge in [0.05, 0.1) is 24.3 Å². The average Bonchev–Trinajstić information content (AvgIpc) is 3.26. The average molecular weight is 358 g/mol. The molecule has 2 aromatic heterocycles. The number of rotatable bonds is 5.